The first kappa shape index (κ1) is 14.6. The molecular weight excluding hydrogens is 252 g/mol. The van der Waals surface area contributed by atoms with Crippen LogP contribution in [-0.2, 0) is 11.2 Å². The van der Waals surface area contributed by atoms with Crippen molar-refractivity contribution in [2.24, 2.45) is 0 Å². The largest absolute Gasteiger partial charge is 0.493 e. The Morgan fingerprint density at radius 2 is 2.05 bits per heavy atom. The third-order valence-corrected chi connectivity index (χ3v) is 3.39. The van der Waals surface area contributed by atoms with E-state index < -0.39 is 0 Å². The van der Waals surface area contributed by atoms with Gasteiger partial charge in [-0.25, -0.2) is 0 Å². The number of ether oxygens (including phenoxy) is 2. The number of carbonyl (C=O) groups excluding carboxylic acids is 1. The van der Waals surface area contributed by atoms with Crippen molar-refractivity contribution in [1.82, 2.24) is 0 Å². The molecule has 3 heteroatoms. The Hall–Kier alpha value is -1.77. The lowest BCUT2D eigenvalue weighted by molar-refractivity contribution is -0.107. The van der Waals surface area contributed by atoms with Gasteiger partial charge in [0.05, 0.1) is 6.61 Å². The van der Waals surface area contributed by atoms with Gasteiger partial charge in [0.15, 0.2) is 0 Å². The molecule has 1 aromatic carbocycles. The van der Waals surface area contributed by atoms with E-state index in [1.807, 2.05) is 32.9 Å². The molecule has 0 saturated heterocycles. The predicted molar refractivity (Wildman–Crippen MR) is 80.4 cm³/mol. The zero-order valence-corrected chi connectivity index (χ0v) is 12.7. The summed E-state index contributed by atoms with van der Waals surface area (Å²) in [5, 5.41) is 0. The summed E-state index contributed by atoms with van der Waals surface area (Å²) in [6.45, 7) is 8.74. The van der Waals surface area contributed by atoms with Crippen molar-refractivity contribution in [3.63, 3.8) is 0 Å². The molecule has 1 heterocycles. The highest BCUT2D eigenvalue weighted by Gasteiger charge is 2.27. The molecule has 20 heavy (non-hydrogen) atoms. The van der Waals surface area contributed by atoms with Crippen LogP contribution in [0, 0.1) is 0 Å². The summed E-state index contributed by atoms with van der Waals surface area (Å²) in [6.07, 6.45) is 4.37. The van der Waals surface area contributed by atoms with E-state index in [1.54, 1.807) is 0 Å². The number of benzene rings is 1. The molecule has 0 bridgehead atoms. The van der Waals surface area contributed by atoms with Crippen molar-refractivity contribution < 1.29 is 14.3 Å². The molecule has 0 amide bonds. The number of fused-ring (bicyclic) bond motifs is 1. The third kappa shape index (κ3) is 2.87. The molecule has 0 atom stereocenters. The summed E-state index contributed by atoms with van der Waals surface area (Å²) in [6, 6.07) is 3.95. The minimum absolute atomic E-state index is 0.312. The zero-order chi connectivity index (χ0) is 14.8. The Balaban J connectivity index is 2.54. The first-order valence-corrected chi connectivity index (χ1v) is 7.15. The van der Waals surface area contributed by atoms with Gasteiger partial charge in [-0.2, -0.15) is 0 Å². The summed E-state index contributed by atoms with van der Waals surface area (Å²) in [7, 11) is 0. The first-order chi connectivity index (χ1) is 9.50. The van der Waals surface area contributed by atoms with Crippen LogP contribution in [0.2, 0.25) is 0 Å². The van der Waals surface area contributed by atoms with Gasteiger partial charge in [-0.1, -0.05) is 6.92 Å². The number of allylic oxidation sites excluding steroid dienone is 1. The summed E-state index contributed by atoms with van der Waals surface area (Å²) in [5.41, 5.74) is 2.94. The van der Waals surface area contributed by atoms with E-state index in [0.29, 0.717) is 13.0 Å². The summed E-state index contributed by atoms with van der Waals surface area (Å²) in [4.78, 5) is 10.9. The molecule has 2 rings (SSSR count). The molecule has 1 aliphatic rings. The van der Waals surface area contributed by atoms with E-state index in [2.05, 4.69) is 13.0 Å². The van der Waals surface area contributed by atoms with Crippen LogP contribution >= 0.6 is 0 Å². The lowest BCUT2D eigenvalue weighted by Gasteiger charge is -2.31. The monoisotopic (exact) mass is 274 g/mol. The van der Waals surface area contributed by atoms with Gasteiger partial charge in [0.25, 0.3) is 0 Å². The SMILES string of the molecule is CCOc1cc2c(cc1CC=O)C(CC)=CC(C)(C)O2. The van der Waals surface area contributed by atoms with Gasteiger partial charge >= 0.3 is 0 Å². The van der Waals surface area contributed by atoms with Crippen LogP contribution in [0.3, 0.4) is 0 Å². The fourth-order valence-electron chi connectivity index (χ4n) is 2.58. The third-order valence-electron chi connectivity index (χ3n) is 3.39. The molecule has 1 aliphatic heterocycles. The summed E-state index contributed by atoms with van der Waals surface area (Å²) < 4.78 is 11.7. The van der Waals surface area contributed by atoms with Crippen molar-refractivity contribution in [2.45, 2.75) is 46.1 Å². The highest BCUT2D eigenvalue weighted by molar-refractivity contribution is 5.76. The minimum atomic E-state index is -0.312. The highest BCUT2D eigenvalue weighted by Crippen LogP contribution is 2.41. The summed E-state index contributed by atoms with van der Waals surface area (Å²) >= 11 is 0. The van der Waals surface area contributed by atoms with E-state index in [-0.39, 0.29) is 5.60 Å². The molecule has 0 radical (unpaired) electrons. The lowest BCUT2D eigenvalue weighted by atomic mass is 9.91. The van der Waals surface area contributed by atoms with Crippen molar-refractivity contribution in [3.8, 4) is 11.5 Å². The van der Waals surface area contributed by atoms with Crippen LogP contribution in [-0.4, -0.2) is 18.5 Å². The Morgan fingerprint density at radius 3 is 2.65 bits per heavy atom. The zero-order valence-electron chi connectivity index (χ0n) is 12.7. The second-order valence-electron chi connectivity index (χ2n) is 5.49. The van der Waals surface area contributed by atoms with Gasteiger partial charge < -0.3 is 14.3 Å². The molecule has 3 nitrogen and oxygen atoms in total. The van der Waals surface area contributed by atoms with Crippen LogP contribution in [0.15, 0.2) is 18.2 Å². The fourth-order valence-corrected chi connectivity index (χ4v) is 2.58. The maximum Gasteiger partial charge on any atom is 0.131 e. The van der Waals surface area contributed by atoms with Gasteiger partial charge in [-0.05, 0) is 44.9 Å². The van der Waals surface area contributed by atoms with E-state index in [4.69, 9.17) is 9.47 Å². The molecular formula is C17H22O3. The number of rotatable bonds is 5. The molecule has 0 unspecified atom stereocenters. The van der Waals surface area contributed by atoms with Gasteiger partial charge in [-0.3, -0.25) is 0 Å². The van der Waals surface area contributed by atoms with Crippen molar-refractivity contribution in [1.29, 1.82) is 0 Å². The van der Waals surface area contributed by atoms with Crippen LogP contribution in [0.1, 0.15) is 45.2 Å². The van der Waals surface area contributed by atoms with E-state index in [0.717, 1.165) is 35.3 Å². The molecule has 0 aromatic heterocycles. The highest BCUT2D eigenvalue weighted by atomic mass is 16.5. The van der Waals surface area contributed by atoms with E-state index in [1.165, 1.54) is 5.57 Å². The number of hydrogen-bond acceptors (Lipinski definition) is 3. The Bertz CT molecular complexity index is 541. The molecule has 0 aliphatic carbocycles. The maximum atomic E-state index is 10.9. The Kier molecular flexibility index (Phi) is 4.17. The molecule has 0 fully saturated rings. The summed E-state index contributed by atoms with van der Waals surface area (Å²) in [5.74, 6) is 1.58. The van der Waals surface area contributed by atoms with Gasteiger partial charge in [-0.15, -0.1) is 0 Å². The second-order valence-corrected chi connectivity index (χ2v) is 5.49. The Morgan fingerprint density at radius 1 is 1.30 bits per heavy atom. The van der Waals surface area contributed by atoms with Crippen molar-refractivity contribution >= 4 is 11.9 Å². The van der Waals surface area contributed by atoms with Crippen LogP contribution in [0.5, 0.6) is 11.5 Å². The van der Waals surface area contributed by atoms with E-state index >= 15 is 0 Å². The average molecular weight is 274 g/mol. The van der Waals surface area contributed by atoms with Crippen LogP contribution in [0.25, 0.3) is 5.57 Å². The topological polar surface area (TPSA) is 35.5 Å². The van der Waals surface area contributed by atoms with Gasteiger partial charge in [0.1, 0.15) is 23.4 Å². The van der Waals surface area contributed by atoms with Crippen molar-refractivity contribution in [2.75, 3.05) is 6.61 Å². The smallest absolute Gasteiger partial charge is 0.131 e. The lowest BCUT2D eigenvalue weighted by Crippen LogP contribution is -2.29. The normalized spacial score (nSPS) is 15.9. The van der Waals surface area contributed by atoms with E-state index in [9.17, 15) is 4.79 Å². The van der Waals surface area contributed by atoms with Crippen molar-refractivity contribution in [3.05, 3.63) is 29.3 Å². The number of hydrogen-bond donors (Lipinski definition) is 0. The molecule has 0 saturated carbocycles. The molecule has 0 N–H and O–H groups in total. The van der Waals surface area contributed by atoms with Crippen LogP contribution in [0.4, 0.5) is 0 Å². The number of carbonyl (C=O) groups is 1. The predicted octanol–water partition coefficient (Wildman–Crippen LogP) is 3.79. The molecule has 108 valence electrons. The first-order valence-electron chi connectivity index (χ1n) is 7.15. The number of aldehydes is 1. The second kappa shape index (κ2) is 5.70. The molecule has 1 aromatic rings. The fraction of sp³-hybridized carbons (Fsp3) is 0.471. The average Bonchev–Trinajstić information content (AvgIpc) is 2.38. The maximum absolute atomic E-state index is 10.9. The Labute approximate surface area is 120 Å². The van der Waals surface area contributed by atoms with Gasteiger partial charge in [0.2, 0.25) is 0 Å². The standard InChI is InChI=1S/C17H22O3/c1-5-12-11-17(3,4)20-16-10-15(19-6-2)13(7-8-18)9-14(12)16/h8-11H,5-7H2,1-4H3. The molecule has 0 spiro atoms. The quantitative estimate of drug-likeness (QED) is 0.766. The van der Waals surface area contributed by atoms with Crippen LogP contribution < -0.4 is 9.47 Å². The van der Waals surface area contributed by atoms with Gasteiger partial charge in [0, 0.05) is 23.6 Å². The minimum Gasteiger partial charge on any atom is -0.493 e.